The molecular formula is C24H24Cl2N8O4. The largest absolute Gasteiger partial charge is 0.378 e. The van der Waals surface area contributed by atoms with E-state index >= 15 is 0 Å². The molecule has 2 amide bonds. The molecule has 3 heterocycles. The van der Waals surface area contributed by atoms with Gasteiger partial charge in [0.25, 0.3) is 0 Å². The summed E-state index contributed by atoms with van der Waals surface area (Å²) in [4.78, 5) is 46.8. The van der Waals surface area contributed by atoms with Gasteiger partial charge in [0.05, 0.1) is 21.3 Å². The number of nitrogens with one attached hydrogen (secondary N) is 2. The number of halogens is 2. The van der Waals surface area contributed by atoms with Crippen LogP contribution in [0.15, 0.2) is 42.5 Å². The Hall–Kier alpha value is -4.16. The number of hydrogen-bond donors (Lipinski definition) is 3. The van der Waals surface area contributed by atoms with Gasteiger partial charge in [-0.25, -0.2) is 9.97 Å². The maximum absolute atomic E-state index is 12.9. The summed E-state index contributed by atoms with van der Waals surface area (Å²) in [7, 11) is 0. The van der Waals surface area contributed by atoms with E-state index in [2.05, 4.69) is 15.6 Å². The van der Waals surface area contributed by atoms with Crippen molar-refractivity contribution in [2.45, 2.75) is 6.92 Å². The second-order valence-corrected chi connectivity index (χ2v) is 9.23. The molecule has 0 radical (unpaired) electrons. The molecule has 38 heavy (non-hydrogen) atoms. The molecule has 4 rings (SSSR count). The predicted molar refractivity (Wildman–Crippen MR) is 147 cm³/mol. The Kier molecular flexibility index (Phi) is 8.13. The van der Waals surface area contributed by atoms with Crippen molar-refractivity contribution in [3.8, 4) is 11.3 Å². The van der Waals surface area contributed by atoms with Crippen LogP contribution in [0.1, 0.15) is 6.92 Å². The molecule has 14 heteroatoms. The number of anilines is 4. The molecule has 1 aliphatic rings. The fourth-order valence-electron chi connectivity index (χ4n) is 3.95. The summed E-state index contributed by atoms with van der Waals surface area (Å²) in [6.07, 6.45) is 0. The Bertz CT molecular complexity index is 1400. The van der Waals surface area contributed by atoms with Crippen LogP contribution in [0.5, 0.6) is 0 Å². The molecule has 0 bridgehead atoms. The van der Waals surface area contributed by atoms with Crippen molar-refractivity contribution in [1.29, 1.82) is 0 Å². The third-order valence-corrected chi connectivity index (χ3v) is 6.40. The summed E-state index contributed by atoms with van der Waals surface area (Å²) in [6.45, 7) is 2.98. The Labute approximate surface area is 227 Å². The minimum Gasteiger partial charge on any atom is -0.378 e. The average molecular weight is 559 g/mol. The van der Waals surface area contributed by atoms with Crippen molar-refractivity contribution in [3.63, 3.8) is 0 Å². The maximum atomic E-state index is 12.9. The summed E-state index contributed by atoms with van der Waals surface area (Å²) in [5, 5.41) is 18.0. The smallest absolute Gasteiger partial charge is 0.311 e. The Morgan fingerprint density at radius 3 is 2.37 bits per heavy atom. The van der Waals surface area contributed by atoms with Gasteiger partial charge in [0.1, 0.15) is 18.2 Å². The molecule has 1 saturated heterocycles. The summed E-state index contributed by atoms with van der Waals surface area (Å²) >= 11 is 12.6. The molecule has 1 fully saturated rings. The minimum atomic E-state index is -0.593. The first-order valence-electron chi connectivity index (χ1n) is 11.5. The fourth-order valence-corrected chi connectivity index (χ4v) is 4.44. The number of nitrogens with zero attached hydrogens (tertiary/aromatic N) is 5. The topological polar surface area (TPSA) is 160 Å². The van der Waals surface area contributed by atoms with Crippen LogP contribution in [0.2, 0.25) is 10.0 Å². The molecule has 1 aromatic carbocycles. The van der Waals surface area contributed by atoms with Crippen molar-refractivity contribution < 1.29 is 14.5 Å². The van der Waals surface area contributed by atoms with Crippen LogP contribution in [-0.2, 0) is 9.59 Å². The predicted octanol–water partition coefficient (Wildman–Crippen LogP) is 3.66. The second kappa shape index (κ2) is 11.5. The number of carbonyl (C=O) groups is 2. The van der Waals surface area contributed by atoms with E-state index in [9.17, 15) is 19.7 Å². The number of rotatable bonds is 8. The molecule has 4 N–H and O–H groups in total. The van der Waals surface area contributed by atoms with Gasteiger partial charge in [-0.3, -0.25) is 19.7 Å². The zero-order chi connectivity index (χ0) is 27.4. The monoisotopic (exact) mass is 558 g/mol. The van der Waals surface area contributed by atoms with E-state index in [1.807, 2.05) is 0 Å². The molecule has 2 aromatic heterocycles. The molecular weight excluding hydrogens is 535 g/mol. The van der Waals surface area contributed by atoms with E-state index in [1.54, 1.807) is 35.2 Å². The van der Waals surface area contributed by atoms with Crippen molar-refractivity contribution in [3.05, 3.63) is 62.6 Å². The number of amides is 2. The van der Waals surface area contributed by atoms with Gasteiger partial charge in [0.2, 0.25) is 17.6 Å². The zero-order valence-corrected chi connectivity index (χ0v) is 21.8. The third-order valence-electron chi connectivity index (χ3n) is 5.85. The number of aromatic nitrogens is 2. The highest BCUT2D eigenvalue weighted by Crippen LogP contribution is 2.37. The van der Waals surface area contributed by atoms with Gasteiger partial charge in [0.15, 0.2) is 0 Å². The summed E-state index contributed by atoms with van der Waals surface area (Å²) in [6, 6.07) is 11.3. The Morgan fingerprint density at radius 1 is 1.08 bits per heavy atom. The van der Waals surface area contributed by atoms with Crippen LogP contribution < -0.4 is 21.3 Å². The first kappa shape index (κ1) is 26.9. The maximum Gasteiger partial charge on any atom is 0.311 e. The quantitative estimate of drug-likeness (QED) is 0.213. The summed E-state index contributed by atoms with van der Waals surface area (Å²) in [5.41, 5.74) is 7.03. The number of nitrogens with two attached hydrogens (primary N) is 1. The lowest BCUT2D eigenvalue weighted by molar-refractivity contribution is -0.384. The number of carbonyl (C=O) groups excluding carboxylic acids is 2. The molecule has 198 valence electrons. The van der Waals surface area contributed by atoms with E-state index < -0.39 is 4.92 Å². The molecule has 1 aliphatic heterocycles. The molecule has 0 atom stereocenters. The van der Waals surface area contributed by atoms with Crippen LogP contribution in [0.3, 0.4) is 0 Å². The molecule has 0 unspecified atom stereocenters. The van der Waals surface area contributed by atoms with Crippen LogP contribution in [0.4, 0.5) is 28.8 Å². The second-order valence-electron chi connectivity index (χ2n) is 8.39. The summed E-state index contributed by atoms with van der Waals surface area (Å²) < 4.78 is 0. The molecule has 0 aliphatic carbocycles. The highest BCUT2D eigenvalue weighted by molar-refractivity contribution is 6.36. The van der Waals surface area contributed by atoms with E-state index in [-0.39, 0.29) is 29.9 Å². The lowest BCUT2D eigenvalue weighted by Crippen LogP contribution is -2.52. The molecule has 0 spiro atoms. The lowest BCUT2D eigenvalue weighted by atomic mass is 10.1. The standard InChI is InChI=1S/C24H24Cl2N8O4/c1-14(35)32-10-11-33(22(36)13-32)18-4-6-20(30-23(18)16-3-2-15(25)12-17(16)26)28-8-9-29-21-7-5-19(34(37)38)24(27)31-21/h2-7,12H,8-11,13H2,1H3,(H,28,30)(H3,27,29,31). The molecule has 12 nitrogen and oxygen atoms in total. The zero-order valence-electron chi connectivity index (χ0n) is 20.3. The van der Waals surface area contributed by atoms with Crippen LogP contribution in [0.25, 0.3) is 11.3 Å². The van der Waals surface area contributed by atoms with Gasteiger partial charge in [-0.2, -0.15) is 0 Å². The van der Waals surface area contributed by atoms with E-state index in [4.69, 9.17) is 33.9 Å². The van der Waals surface area contributed by atoms with E-state index in [0.717, 1.165) is 0 Å². The van der Waals surface area contributed by atoms with Gasteiger partial charge in [-0.05, 0) is 36.4 Å². The van der Waals surface area contributed by atoms with E-state index in [1.165, 1.54) is 24.0 Å². The van der Waals surface area contributed by atoms with Crippen molar-refractivity contribution >= 4 is 63.8 Å². The van der Waals surface area contributed by atoms with Crippen molar-refractivity contribution in [2.24, 2.45) is 0 Å². The highest BCUT2D eigenvalue weighted by atomic mass is 35.5. The van der Waals surface area contributed by atoms with Crippen LogP contribution >= 0.6 is 23.2 Å². The first-order chi connectivity index (χ1) is 18.1. The van der Waals surface area contributed by atoms with Crippen LogP contribution in [0, 0.1) is 10.1 Å². The molecule has 3 aromatic rings. The Balaban J connectivity index is 1.52. The lowest BCUT2D eigenvalue weighted by Gasteiger charge is -2.34. The number of nitro groups is 1. The van der Waals surface area contributed by atoms with Gasteiger partial charge >= 0.3 is 5.69 Å². The summed E-state index contributed by atoms with van der Waals surface area (Å²) in [5.74, 6) is 0.377. The van der Waals surface area contributed by atoms with Crippen molar-refractivity contribution in [2.75, 3.05) is 54.0 Å². The first-order valence-corrected chi connectivity index (χ1v) is 12.3. The Morgan fingerprint density at radius 2 is 1.76 bits per heavy atom. The van der Waals surface area contributed by atoms with Gasteiger partial charge < -0.3 is 26.2 Å². The fraction of sp³-hybridized carbons (Fsp3) is 0.250. The SMILES string of the molecule is CC(=O)N1CCN(c2ccc(NCCNc3ccc([N+](=O)[O-])c(N)n3)nc2-c2ccc(Cl)cc2Cl)C(=O)C1. The average Bonchev–Trinajstić information content (AvgIpc) is 2.86. The van der Waals surface area contributed by atoms with Crippen molar-refractivity contribution in [1.82, 2.24) is 14.9 Å². The number of pyridine rings is 2. The van der Waals surface area contributed by atoms with Gasteiger partial charge in [-0.1, -0.05) is 23.2 Å². The normalized spacial score (nSPS) is 13.4. The minimum absolute atomic E-state index is 0.0179. The number of benzene rings is 1. The number of piperazine rings is 1. The molecule has 0 saturated carbocycles. The number of hydrogen-bond acceptors (Lipinski definition) is 9. The number of nitrogen functional groups attached to an aromatic ring is 1. The third kappa shape index (κ3) is 6.03. The van der Waals surface area contributed by atoms with E-state index in [0.29, 0.717) is 64.8 Å². The highest BCUT2D eigenvalue weighted by Gasteiger charge is 2.29. The van der Waals surface area contributed by atoms with Gasteiger partial charge in [-0.15, -0.1) is 0 Å². The van der Waals surface area contributed by atoms with Crippen LogP contribution in [-0.4, -0.2) is 64.3 Å². The van der Waals surface area contributed by atoms with Gasteiger partial charge in [0, 0.05) is 49.8 Å².